The van der Waals surface area contributed by atoms with E-state index >= 15 is 0 Å². The summed E-state index contributed by atoms with van der Waals surface area (Å²) in [7, 11) is 0. The lowest BCUT2D eigenvalue weighted by atomic mass is 10.0. The minimum Gasteiger partial charge on any atom is -0.466 e. The molecule has 0 fully saturated rings. The minimum absolute atomic E-state index is 0.0184. The molecule has 0 heterocycles. The fourth-order valence-corrected chi connectivity index (χ4v) is 11.2. The van der Waals surface area contributed by atoms with Crippen molar-refractivity contribution in [3.05, 3.63) is 12.2 Å². The molecule has 6 heteroatoms. The number of aliphatic hydroxyl groups excluding tert-OH is 2. The Balaban J connectivity index is 3.37. The Hall–Kier alpha value is -1.40. The Bertz CT molecular complexity index is 1140. The van der Waals surface area contributed by atoms with Gasteiger partial charge in [0.2, 0.25) is 5.91 Å². The van der Waals surface area contributed by atoms with Crippen molar-refractivity contribution < 1.29 is 24.5 Å². The standard InChI is InChI=1S/C70H137NO5/c1-3-5-7-9-11-13-15-17-19-20-32-35-38-42-46-50-54-58-62-68(73)67(66-72)71-69(74)63-59-55-51-47-43-39-36-33-30-28-26-24-22-21-23-25-27-29-31-34-37-41-45-49-53-57-61-65-76-70(75)64-60-56-52-48-44-40-18-16-14-12-10-8-6-4-2/h21-22,67-68,72-73H,3-20,23-66H2,1-2H3,(H,71,74)/b22-21-. The number of carbonyl (C=O) groups is 2. The maximum atomic E-state index is 12.5. The SMILES string of the molecule is CCCCCCCCCCCCCCCCCCCCC(O)C(CO)NC(=O)CCCCCCCCCCCCC/C=C\CCCCCCCCCCCCCCOC(=O)CCCCCCCCCCCCCCCC. The Labute approximate surface area is 476 Å². The number of esters is 1. The molecule has 2 atom stereocenters. The Morgan fingerprint density at radius 2 is 0.618 bits per heavy atom. The highest BCUT2D eigenvalue weighted by Crippen LogP contribution is 2.19. The van der Waals surface area contributed by atoms with Gasteiger partial charge in [0.05, 0.1) is 25.4 Å². The summed E-state index contributed by atoms with van der Waals surface area (Å²) in [6.07, 6.45) is 81.1. The van der Waals surface area contributed by atoms with Crippen molar-refractivity contribution in [1.29, 1.82) is 0 Å². The van der Waals surface area contributed by atoms with E-state index in [1.165, 1.54) is 327 Å². The van der Waals surface area contributed by atoms with Gasteiger partial charge in [0.15, 0.2) is 0 Å². The van der Waals surface area contributed by atoms with Crippen LogP contribution in [0.4, 0.5) is 0 Å². The van der Waals surface area contributed by atoms with Gasteiger partial charge in [-0.25, -0.2) is 0 Å². The molecule has 452 valence electrons. The van der Waals surface area contributed by atoms with E-state index in [0.29, 0.717) is 25.9 Å². The van der Waals surface area contributed by atoms with E-state index in [1.54, 1.807) is 0 Å². The first-order chi connectivity index (χ1) is 37.5. The van der Waals surface area contributed by atoms with Crippen LogP contribution in [0.1, 0.15) is 399 Å². The molecule has 0 aliphatic heterocycles. The van der Waals surface area contributed by atoms with Gasteiger partial charge in [0.25, 0.3) is 0 Å². The summed E-state index contributed by atoms with van der Waals surface area (Å²) >= 11 is 0. The highest BCUT2D eigenvalue weighted by atomic mass is 16.5. The molecule has 3 N–H and O–H groups in total. The van der Waals surface area contributed by atoms with Crippen LogP contribution >= 0.6 is 0 Å². The molecule has 0 aromatic carbocycles. The van der Waals surface area contributed by atoms with E-state index in [4.69, 9.17) is 4.74 Å². The average Bonchev–Trinajstić information content (AvgIpc) is 3.42. The van der Waals surface area contributed by atoms with Crippen LogP contribution in [-0.4, -0.2) is 47.4 Å². The maximum absolute atomic E-state index is 12.5. The number of carbonyl (C=O) groups excluding carboxylic acids is 2. The van der Waals surface area contributed by atoms with E-state index in [-0.39, 0.29) is 18.5 Å². The zero-order valence-electron chi connectivity index (χ0n) is 51.8. The van der Waals surface area contributed by atoms with Crippen LogP contribution in [0.25, 0.3) is 0 Å². The second-order valence-corrected chi connectivity index (χ2v) is 24.2. The van der Waals surface area contributed by atoms with Crippen LogP contribution < -0.4 is 5.32 Å². The molecular weight excluding hydrogens is 935 g/mol. The van der Waals surface area contributed by atoms with Crippen LogP contribution in [0, 0.1) is 0 Å². The smallest absolute Gasteiger partial charge is 0.305 e. The number of ether oxygens (including phenoxy) is 1. The molecule has 0 aliphatic carbocycles. The zero-order valence-corrected chi connectivity index (χ0v) is 51.8. The lowest BCUT2D eigenvalue weighted by Gasteiger charge is -2.22. The molecular formula is C70H137NO5. The topological polar surface area (TPSA) is 95.9 Å². The van der Waals surface area contributed by atoms with E-state index in [2.05, 4.69) is 31.3 Å². The summed E-state index contributed by atoms with van der Waals surface area (Å²) < 4.78 is 5.49. The van der Waals surface area contributed by atoms with Crippen molar-refractivity contribution >= 4 is 11.9 Å². The van der Waals surface area contributed by atoms with Crippen molar-refractivity contribution in [3.8, 4) is 0 Å². The van der Waals surface area contributed by atoms with Gasteiger partial charge in [-0.2, -0.15) is 0 Å². The summed E-state index contributed by atoms with van der Waals surface area (Å²) in [5.74, 6) is -0.0133. The zero-order chi connectivity index (χ0) is 55.0. The largest absolute Gasteiger partial charge is 0.466 e. The molecule has 0 bridgehead atoms. The monoisotopic (exact) mass is 1070 g/mol. The number of amides is 1. The molecule has 0 radical (unpaired) electrons. The van der Waals surface area contributed by atoms with Crippen LogP contribution in [0.5, 0.6) is 0 Å². The van der Waals surface area contributed by atoms with Crippen LogP contribution in [0.2, 0.25) is 0 Å². The highest BCUT2D eigenvalue weighted by Gasteiger charge is 2.20. The van der Waals surface area contributed by atoms with E-state index in [9.17, 15) is 19.8 Å². The molecule has 0 aliphatic rings. The molecule has 0 aromatic rings. The first-order valence-corrected chi connectivity index (χ1v) is 34.9. The van der Waals surface area contributed by atoms with Gasteiger partial charge in [0, 0.05) is 12.8 Å². The number of hydrogen-bond acceptors (Lipinski definition) is 5. The van der Waals surface area contributed by atoms with Crippen LogP contribution in [0.3, 0.4) is 0 Å². The van der Waals surface area contributed by atoms with Crippen molar-refractivity contribution in [2.24, 2.45) is 0 Å². The molecule has 0 saturated heterocycles. The van der Waals surface area contributed by atoms with Gasteiger partial charge >= 0.3 is 5.97 Å². The fourth-order valence-electron chi connectivity index (χ4n) is 11.2. The lowest BCUT2D eigenvalue weighted by molar-refractivity contribution is -0.143. The summed E-state index contributed by atoms with van der Waals surface area (Å²) in [6, 6.07) is -0.542. The van der Waals surface area contributed by atoms with Crippen LogP contribution in [0.15, 0.2) is 12.2 Å². The van der Waals surface area contributed by atoms with Gasteiger partial charge in [-0.3, -0.25) is 9.59 Å². The van der Waals surface area contributed by atoms with E-state index in [0.717, 1.165) is 38.5 Å². The third-order valence-electron chi connectivity index (χ3n) is 16.6. The first-order valence-electron chi connectivity index (χ1n) is 34.9. The highest BCUT2D eigenvalue weighted by molar-refractivity contribution is 5.76. The van der Waals surface area contributed by atoms with Gasteiger partial charge in [0.1, 0.15) is 0 Å². The van der Waals surface area contributed by atoms with E-state index < -0.39 is 12.1 Å². The summed E-state index contributed by atoms with van der Waals surface area (Å²) in [5.41, 5.74) is 0. The third kappa shape index (κ3) is 61.8. The summed E-state index contributed by atoms with van der Waals surface area (Å²) in [5, 5.41) is 23.4. The predicted molar refractivity (Wildman–Crippen MR) is 333 cm³/mol. The fraction of sp³-hybridized carbons (Fsp3) is 0.943. The Morgan fingerprint density at radius 1 is 0.355 bits per heavy atom. The van der Waals surface area contributed by atoms with Crippen LogP contribution in [-0.2, 0) is 14.3 Å². The minimum atomic E-state index is -0.665. The van der Waals surface area contributed by atoms with Crippen molar-refractivity contribution in [1.82, 2.24) is 5.32 Å². The van der Waals surface area contributed by atoms with E-state index in [1.807, 2.05) is 0 Å². The summed E-state index contributed by atoms with van der Waals surface area (Å²) in [6.45, 7) is 5.00. The first kappa shape index (κ1) is 74.6. The number of allylic oxidation sites excluding steroid dienone is 2. The number of hydrogen-bond donors (Lipinski definition) is 3. The normalized spacial score (nSPS) is 12.5. The molecule has 2 unspecified atom stereocenters. The predicted octanol–water partition coefficient (Wildman–Crippen LogP) is 22.4. The Morgan fingerprint density at radius 3 is 0.934 bits per heavy atom. The Kier molecular flexibility index (Phi) is 64.9. The van der Waals surface area contributed by atoms with Gasteiger partial charge in [-0.15, -0.1) is 0 Å². The molecule has 76 heavy (non-hydrogen) atoms. The second-order valence-electron chi connectivity index (χ2n) is 24.2. The van der Waals surface area contributed by atoms with Gasteiger partial charge in [-0.05, 0) is 51.4 Å². The summed E-state index contributed by atoms with van der Waals surface area (Å²) in [4.78, 5) is 24.6. The van der Waals surface area contributed by atoms with Gasteiger partial charge in [-0.1, -0.05) is 347 Å². The molecule has 0 spiro atoms. The molecule has 0 aromatic heterocycles. The molecule has 0 rings (SSSR count). The quantitative estimate of drug-likeness (QED) is 0.0320. The third-order valence-corrected chi connectivity index (χ3v) is 16.6. The average molecular weight is 1070 g/mol. The number of nitrogens with one attached hydrogen (secondary N) is 1. The lowest BCUT2D eigenvalue weighted by Crippen LogP contribution is -2.45. The molecule has 0 saturated carbocycles. The number of aliphatic hydroxyl groups is 2. The maximum Gasteiger partial charge on any atom is 0.305 e. The number of unbranched alkanes of at least 4 members (excludes halogenated alkanes) is 53. The van der Waals surface area contributed by atoms with Gasteiger partial charge < -0.3 is 20.3 Å². The second kappa shape index (κ2) is 66.1. The van der Waals surface area contributed by atoms with Crippen molar-refractivity contribution in [2.45, 2.75) is 411 Å². The van der Waals surface area contributed by atoms with Crippen molar-refractivity contribution in [2.75, 3.05) is 13.2 Å². The molecule has 1 amide bonds. The molecule has 6 nitrogen and oxygen atoms in total. The number of rotatable bonds is 66. The van der Waals surface area contributed by atoms with Crippen molar-refractivity contribution in [3.63, 3.8) is 0 Å².